The van der Waals surface area contributed by atoms with E-state index < -0.39 is 0 Å². The first-order chi connectivity index (χ1) is 12.7. The van der Waals surface area contributed by atoms with Crippen molar-refractivity contribution in [3.8, 4) is 17.1 Å². The maximum Gasteiger partial charge on any atom is 0.134 e. The molecule has 1 aromatic carbocycles. The third-order valence-corrected chi connectivity index (χ3v) is 6.04. The Labute approximate surface area is 155 Å². The fourth-order valence-electron chi connectivity index (χ4n) is 4.71. The fourth-order valence-corrected chi connectivity index (χ4v) is 4.71. The monoisotopic (exact) mass is 355 g/mol. The molecule has 2 atom stereocenters. The highest BCUT2D eigenvalue weighted by molar-refractivity contribution is 5.58. The molecule has 0 radical (unpaired) electrons. The second-order valence-corrected chi connectivity index (χ2v) is 7.81. The van der Waals surface area contributed by atoms with E-state index >= 15 is 0 Å². The third kappa shape index (κ3) is 3.53. The van der Waals surface area contributed by atoms with Crippen molar-refractivity contribution in [3.63, 3.8) is 0 Å². The minimum Gasteiger partial charge on any atom is -0.494 e. The number of ether oxygens (including phenoxy) is 1. The highest BCUT2D eigenvalue weighted by Gasteiger charge is 2.44. The van der Waals surface area contributed by atoms with Gasteiger partial charge in [0.05, 0.1) is 19.3 Å². The van der Waals surface area contributed by atoms with Crippen LogP contribution in [0.1, 0.15) is 44.8 Å². The van der Waals surface area contributed by atoms with Gasteiger partial charge in [-0.05, 0) is 75.5 Å². The summed E-state index contributed by atoms with van der Waals surface area (Å²) in [5.41, 5.74) is 1.20. The second kappa shape index (κ2) is 7.45. The fraction of sp³-hybridized carbons (Fsp3) is 0.545. The standard InChI is InChI=1S/C22H29NO3/c1-2-25-18-8-6-17(7-9-18)20-11-10-19(26-20)15-23-14-4-13-22(16-23)12-3-5-21(22)24/h6-11,21,24H,2-5,12-16H2,1H3/t21-,22+/m1/s1. The second-order valence-electron chi connectivity index (χ2n) is 7.81. The van der Waals surface area contributed by atoms with Crippen LogP contribution in [0.2, 0.25) is 0 Å². The van der Waals surface area contributed by atoms with E-state index in [4.69, 9.17) is 9.15 Å². The van der Waals surface area contributed by atoms with E-state index in [0.29, 0.717) is 6.61 Å². The minimum atomic E-state index is -0.124. The molecule has 1 saturated carbocycles. The van der Waals surface area contributed by atoms with E-state index in [1.54, 1.807) is 0 Å². The van der Waals surface area contributed by atoms with Crippen LogP contribution >= 0.6 is 0 Å². The Bertz CT molecular complexity index is 723. The van der Waals surface area contributed by atoms with E-state index in [2.05, 4.69) is 17.0 Å². The number of furan rings is 1. The Morgan fingerprint density at radius 1 is 1.15 bits per heavy atom. The zero-order valence-corrected chi connectivity index (χ0v) is 15.6. The summed E-state index contributed by atoms with van der Waals surface area (Å²) in [6, 6.07) is 12.2. The molecule has 140 valence electrons. The molecule has 4 nitrogen and oxygen atoms in total. The first-order valence-electron chi connectivity index (χ1n) is 9.91. The van der Waals surface area contributed by atoms with E-state index in [1.165, 1.54) is 19.3 Å². The van der Waals surface area contributed by atoms with Gasteiger partial charge >= 0.3 is 0 Å². The van der Waals surface area contributed by atoms with Crippen LogP contribution in [-0.2, 0) is 6.54 Å². The first-order valence-corrected chi connectivity index (χ1v) is 9.91. The first kappa shape index (κ1) is 17.6. The molecule has 2 aromatic rings. The molecule has 2 fully saturated rings. The molecule has 2 aliphatic rings. The molecule has 1 spiro atoms. The van der Waals surface area contributed by atoms with Gasteiger partial charge in [0.15, 0.2) is 0 Å². The van der Waals surface area contributed by atoms with Gasteiger partial charge in [0.1, 0.15) is 17.3 Å². The van der Waals surface area contributed by atoms with Crippen molar-refractivity contribution in [2.75, 3.05) is 19.7 Å². The SMILES string of the molecule is CCOc1ccc(-c2ccc(CN3CCC[C@@]4(CCC[C@H]4O)C3)o2)cc1. The maximum absolute atomic E-state index is 10.4. The van der Waals surface area contributed by atoms with Crippen molar-refractivity contribution in [3.05, 3.63) is 42.2 Å². The van der Waals surface area contributed by atoms with Crippen LogP contribution < -0.4 is 4.74 Å². The van der Waals surface area contributed by atoms with Crippen LogP contribution in [-0.4, -0.2) is 35.8 Å². The number of aliphatic hydroxyl groups is 1. The summed E-state index contributed by atoms with van der Waals surface area (Å²) in [6.07, 6.45) is 5.51. The maximum atomic E-state index is 10.4. The average Bonchev–Trinajstić information content (AvgIpc) is 3.24. The van der Waals surface area contributed by atoms with Crippen LogP contribution in [0.3, 0.4) is 0 Å². The third-order valence-electron chi connectivity index (χ3n) is 6.04. The van der Waals surface area contributed by atoms with Crippen molar-refractivity contribution in [1.82, 2.24) is 4.90 Å². The van der Waals surface area contributed by atoms with E-state index in [-0.39, 0.29) is 11.5 Å². The van der Waals surface area contributed by atoms with Gasteiger partial charge in [-0.15, -0.1) is 0 Å². The van der Waals surface area contributed by atoms with Gasteiger partial charge in [-0.1, -0.05) is 6.42 Å². The molecule has 0 bridgehead atoms. The highest BCUT2D eigenvalue weighted by atomic mass is 16.5. The Kier molecular flexibility index (Phi) is 5.05. The lowest BCUT2D eigenvalue weighted by molar-refractivity contribution is -0.0136. The zero-order chi connectivity index (χ0) is 18.0. The van der Waals surface area contributed by atoms with Crippen molar-refractivity contribution in [2.24, 2.45) is 5.41 Å². The summed E-state index contributed by atoms with van der Waals surface area (Å²) in [6.45, 7) is 5.57. The summed E-state index contributed by atoms with van der Waals surface area (Å²) < 4.78 is 11.6. The van der Waals surface area contributed by atoms with Crippen LogP contribution in [0.4, 0.5) is 0 Å². The van der Waals surface area contributed by atoms with Gasteiger partial charge in [0.25, 0.3) is 0 Å². The van der Waals surface area contributed by atoms with E-state index in [0.717, 1.165) is 55.3 Å². The summed E-state index contributed by atoms with van der Waals surface area (Å²) in [4.78, 5) is 2.46. The number of rotatable bonds is 5. The molecule has 1 aliphatic carbocycles. The molecule has 1 N–H and O–H groups in total. The molecule has 1 aromatic heterocycles. The van der Waals surface area contributed by atoms with Crippen LogP contribution in [0, 0.1) is 5.41 Å². The zero-order valence-electron chi connectivity index (χ0n) is 15.6. The number of likely N-dealkylation sites (tertiary alicyclic amines) is 1. The van der Waals surface area contributed by atoms with Crippen molar-refractivity contribution in [1.29, 1.82) is 0 Å². The summed E-state index contributed by atoms with van der Waals surface area (Å²) in [7, 11) is 0. The predicted molar refractivity (Wildman–Crippen MR) is 102 cm³/mol. The lowest BCUT2D eigenvalue weighted by atomic mass is 9.76. The van der Waals surface area contributed by atoms with Crippen molar-refractivity contribution >= 4 is 0 Å². The highest BCUT2D eigenvalue weighted by Crippen LogP contribution is 2.45. The normalized spacial score (nSPS) is 26.5. The number of aliphatic hydroxyl groups excluding tert-OH is 1. The topological polar surface area (TPSA) is 45.8 Å². The number of nitrogens with zero attached hydrogens (tertiary/aromatic N) is 1. The van der Waals surface area contributed by atoms with E-state index in [9.17, 15) is 5.11 Å². The number of piperidine rings is 1. The van der Waals surface area contributed by atoms with Gasteiger partial charge in [0.2, 0.25) is 0 Å². The molecule has 1 aliphatic heterocycles. The lowest BCUT2D eigenvalue weighted by Crippen LogP contribution is -2.46. The van der Waals surface area contributed by atoms with Crippen LogP contribution in [0.5, 0.6) is 5.75 Å². The number of benzene rings is 1. The Hall–Kier alpha value is -1.78. The molecule has 26 heavy (non-hydrogen) atoms. The molecular weight excluding hydrogens is 326 g/mol. The van der Waals surface area contributed by atoms with Gasteiger partial charge in [-0.2, -0.15) is 0 Å². The quantitative estimate of drug-likeness (QED) is 0.859. The summed E-state index contributed by atoms with van der Waals surface area (Å²) in [5.74, 6) is 2.78. The van der Waals surface area contributed by atoms with Crippen LogP contribution in [0.15, 0.2) is 40.8 Å². The molecule has 0 unspecified atom stereocenters. The molecular formula is C22H29NO3. The Morgan fingerprint density at radius 3 is 2.69 bits per heavy atom. The lowest BCUT2D eigenvalue weighted by Gasteiger charge is -2.42. The number of hydrogen-bond acceptors (Lipinski definition) is 4. The van der Waals surface area contributed by atoms with Gasteiger partial charge in [0, 0.05) is 17.5 Å². The smallest absolute Gasteiger partial charge is 0.134 e. The molecule has 2 heterocycles. The molecule has 4 heteroatoms. The Morgan fingerprint density at radius 2 is 1.96 bits per heavy atom. The largest absolute Gasteiger partial charge is 0.494 e. The van der Waals surface area contributed by atoms with Crippen molar-refractivity contribution in [2.45, 2.75) is 51.7 Å². The Balaban J connectivity index is 1.42. The van der Waals surface area contributed by atoms with Gasteiger partial charge < -0.3 is 14.3 Å². The molecule has 0 amide bonds. The van der Waals surface area contributed by atoms with E-state index in [1.807, 2.05) is 31.2 Å². The van der Waals surface area contributed by atoms with Crippen LogP contribution in [0.25, 0.3) is 11.3 Å². The predicted octanol–water partition coefficient (Wildman–Crippen LogP) is 4.47. The van der Waals surface area contributed by atoms with Gasteiger partial charge in [-0.3, -0.25) is 4.90 Å². The summed E-state index contributed by atoms with van der Waals surface area (Å²) in [5, 5.41) is 10.4. The molecule has 4 rings (SSSR count). The number of hydrogen-bond donors (Lipinski definition) is 1. The van der Waals surface area contributed by atoms with Crippen molar-refractivity contribution < 1.29 is 14.3 Å². The average molecular weight is 355 g/mol. The van der Waals surface area contributed by atoms with Gasteiger partial charge in [-0.25, -0.2) is 0 Å². The molecule has 1 saturated heterocycles. The summed E-state index contributed by atoms with van der Waals surface area (Å²) >= 11 is 0. The minimum absolute atomic E-state index is 0.124.